The monoisotopic (exact) mass is 253 g/mol. The molecule has 18 heavy (non-hydrogen) atoms. The fourth-order valence-electron chi connectivity index (χ4n) is 2.46. The molecule has 1 aliphatic carbocycles. The van der Waals surface area contributed by atoms with Crippen molar-refractivity contribution < 1.29 is 9.53 Å². The second-order valence-corrected chi connectivity index (χ2v) is 5.02. The number of rotatable bonds is 4. The Labute approximate surface area is 108 Å². The quantitative estimate of drug-likeness (QED) is 0.677. The first-order valence-electron chi connectivity index (χ1n) is 6.74. The van der Waals surface area contributed by atoms with Crippen molar-refractivity contribution in [2.45, 2.75) is 25.5 Å². The highest BCUT2D eigenvalue weighted by molar-refractivity contribution is 5.81. The van der Waals surface area contributed by atoms with Gasteiger partial charge in [-0.2, -0.15) is 0 Å². The van der Waals surface area contributed by atoms with Crippen LogP contribution >= 0.6 is 0 Å². The summed E-state index contributed by atoms with van der Waals surface area (Å²) in [7, 11) is 0. The van der Waals surface area contributed by atoms with E-state index < -0.39 is 0 Å². The SMILES string of the molecule is CCN1CCOC(CNC(=O)C2C=CC(N)C2)C1. The van der Waals surface area contributed by atoms with Gasteiger partial charge in [0.05, 0.1) is 18.6 Å². The van der Waals surface area contributed by atoms with Crippen LogP contribution < -0.4 is 11.1 Å². The lowest BCUT2D eigenvalue weighted by Gasteiger charge is -2.32. The molecule has 1 aliphatic heterocycles. The Hall–Kier alpha value is -0.910. The van der Waals surface area contributed by atoms with E-state index in [1.165, 1.54) is 0 Å². The fraction of sp³-hybridized carbons (Fsp3) is 0.769. The van der Waals surface area contributed by atoms with Crippen molar-refractivity contribution in [1.29, 1.82) is 0 Å². The van der Waals surface area contributed by atoms with E-state index in [-0.39, 0.29) is 24.0 Å². The third-order valence-electron chi connectivity index (χ3n) is 3.63. The van der Waals surface area contributed by atoms with Gasteiger partial charge in [-0.25, -0.2) is 0 Å². The largest absolute Gasteiger partial charge is 0.374 e. The molecule has 1 amide bonds. The van der Waals surface area contributed by atoms with E-state index >= 15 is 0 Å². The number of ether oxygens (including phenoxy) is 1. The van der Waals surface area contributed by atoms with Crippen LogP contribution in [0.4, 0.5) is 0 Å². The van der Waals surface area contributed by atoms with Crippen LogP contribution in [0.1, 0.15) is 13.3 Å². The average Bonchev–Trinajstić information content (AvgIpc) is 2.83. The predicted octanol–water partition coefficient (Wildman–Crippen LogP) is -0.273. The number of carbonyl (C=O) groups excluding carboxylic acids is 1. The summed E-state index contributed by atoms with van der Waals surface area (Å²) in [5.74, 6) is 0.00212. The zero-order valence-corrected chi connectivity index (χ0v) is 11.0. The molecule has 2 rings (SSSR count). The molecule has 2 aliphatic rings. The Kier molecular flexibility index (Phi) is 4.74. The number of hydrogen-bond donors (Lipinski definition) is 2. The fourth-order valence-corrected chi connectivity index (χ4v) is 2.46. The Bertz CT molecular complexity index is 319. The van der Waals surface area contributed by atoms with Gasteiger partial charge < -0.3 is 15.8 Å². The summed E-state index contributed by atoms with van der Waals surface area (Å²) in [5, 5.41) is 2.96. The van der Waals surface area contributed by atoms with Gasteiger partial charge in [0, 0.05) is 25.7 Å². The van der Waals surface area contributed by atoms with Gasteiger partial charge in [-0.3, -0.25) is 9.69 Å². The van der Waals surface area contributed by atoms with E-state index in [0.717, 1.165) is 32.7 Å². The van der Waals surface area contributed by atoms with Crippen LogP contribution in [0.2, 0.25) is 0 Å². The molecule has 0 radical (unpaired) electrons. The van der Waals surface area contributed by atoms with Crippen LogP contribution in [-0.4, -0.2) is 55.7 Å². The minimum atomic E-state index is -0.0640. The number of nitrogens with two attached hydrogens (primary N) is 1. The van der Waals surface area contributed by atoms with Crippen molar-refractivity contribution in [2.75, 3.05) is 32.8 Å². The lowest BCUT2D eigenvalue weighted by Crippen LogP contribution is -2.48. The van der Waals surface area contributed by atoms with Crippen LogP contribution in [0, 0.1) is 5.92 Å². The van der Waals surface area contributed by atoms with Gasteiger partial charge in [0.25, 0.3) is 0 Å². The summed E-state index contributed by atoms with van der Waals surface area (Å²) in [4.78, 5) is 14.2. The first-order valence-corrected chi connectivity index (χ1v) is 6.74. The minimum Gasteiger partial charge on any atom is -0.374 e. The van der Waals surface area contributed by atoms with Gasteiger partial charge in [-0.15, -0.1) is 0 Å². The maximum atomic E-state index is 11.9. The molecule has 0 saturated carbocycles. The molecule has 0 bridgehead atoms. The topological polar surface area (TPSA) is 67.6 Å². The number of carbonyl (C=O) groups is 1. The number of likely N-dealkylation sites (N-methyl/N-ethyl adjacent to an activating group) is 1. The number of morpholine rings is 1. The highest BCUT2D eigenvalue weighted by Gasteiger charge is 2.24. The summed E-state index contributed by atoms with van der Waals surface area (Å²) >= 11 is 0. The van der Waals surface area contributed by atoms with Crippen molar-refractivity contribution in [3.05, 3.63) is 12.2 Å². The third kappa shape index (κ3) is 3.54. The molecule has 0 aromatic rings. The van der Waals surface area contributed by atoms with E-state index in [1.807, 2.05) is 12.2 Å². The lowest BCUT2D eigenvalue weighted by atomic mass is 10.1. The number of nitrogens with zero attached hydrogens (tertiary/aromatic N) is 1. The second kappa shape index (κ2) is 6.31. The third-order valence-corrected chi connectivity index (χ3v) is 3.63. The molecule has 1 fully saturated rings. The van der Waals surface area contributed by atoms with E-state index in [2.05, 4.69) is 17.1 Å². The van der Waals surface area contributed by atoms with Crippen LogP contribution in [0.3, 0.4) is 0 Å². The standard InChI is InChI=1S/C13H23N3O2/c1-2-16-5-6-18-12(9-16)8-15-13(17)10-3-4-11(14)7-10/h3-4,10-12H,2,5-9,14H2,1H3,(H,15,17). The summed E-state index contributed by atoms with van der Waals surface area (Å²) in [5.41, 5.74) is 5.74. The summed E-state index contributed by atoms with van der Waals surface area (Å²) in [6.07, 6.45) is 4.64. The minimum absolute atomic E-state index is 0.0299. The van der Waals surface area contributed by atoms with Gasteiger partial charge in [0.15, 0.2) is 0 Å². The molecular weight excluding hydrogens is 230 g/mol. The van der Waals surface area contributed by atoms with E-state index in [1.54, 1.807) is 0 Å². The Morgan fingerprint density at radius 3 is 3.06 bits per heavy atom. The maximum Gasteiger partial charge on any atom is 0.227 e. The molecule has 3 atom stereocenters. The molecule has 5 heteroatoms. The van der Waals surface area contributed by atoms with Crippen LogP contribution in [0.5, 0.6) is 0 Å². The zero-order valence-electron chi connectivity index (χ0n) is 11.0. The molecule has 1 heterocycles. The molecule has 1 saturated heterocycles. The number of nitrogens with one attached hydrogen (secondary N) is 1. The lowest BCUT2D eigenvalue weighted by molar-refractivity contribution is -0.124. The molecule has 3 N–H and O–H groups in total. The van der Waals surface area contributed by atoms with Gasteiger partial charge in [0.2, 0.25) is 5.91 Å². The van der Waals surface area contributed by atoms with E-state index in [4.69, 9.17) is 10.5 Å². The van der Waals surface area contributed by atoms with Crippen molar-refractivity contribution >= 4 is 5.91 Å². The Morgan fingerprint density at radius 2 is 2.39 bits per heavy atom. The number of hydrogen-bond acceptors (Lipinski definition) is 4. The van der Waals surface area contributed by atoms with Crippen molar-refractivity contribution in [1.82, 2.24) is 10.2 Å². The second-order valence-electron chi connectivity index (χ2n) is 5.02. The zero-order chi connectivity index (χ0) is 13.0. The van der Waals surface area contributed by atoms with Gasteiger partial charge >= 0.3 is 0 Å². The highest BCUT2D eigenvalue weighted by atomic mass is 16.5. The van der Waals surface area contributed by atoms with Gasteiger partial charge in [-0.05, 0) is 13.0 Å². The maximum absolute atomic E-state index is 11.9. The van der Waals surface area contributed by atoms with Crippen molar-refractivity contribution in [3.8, 4) is 0 Å². The number of amides is 1. The highest BCUT2D eigenvalue weighted by Crippen LogP contribution is 2.16. The summed E-state index contributed by atoms with van der Waals surface area (Å²) in [6.45, 7) is 6.41. The molecule has 102 valence electrons. The average molecular weight is 253 g/mol. The van der Waals surface area contributed by atoms with Crippen molar-refractivity contribution in [2.24, 2.45) is 11.7 Å². The van der Waals surface area contributed by atoms with Crippen LogP contribution in [0.25, 0.3) is 0 Å². The summed E-state index contributed by atoms with van der Waals surface area (Å²) in [6, 6.07) is 0.0299. The van der Waals surface area contributed by atoms with Crippen LogP contribution in [0.15, 0.2) is 12.2 Å². The van der Waals surface area contributed by atoms with Gasteiger partial charge in [-0.1, -0.05) is 19.1 Å². The first-order chi connectivity index (χ1) is 8.69. The first kappa shape index (κ1) is 13.5. The van der Waals surface area contributed by atoms with E-state index in [9.17, 15) is 4.79 Å². The molecule has 0 aromatic carbocycles. The normalized spacial score (nSPS) is 32.7. The summed E-state index contributed by atoms with van der Waals surface area (Å²) < 4.78 is 5.65. The van der Waals surface area contributed by atoms with E-state index in [0.29, 0.717) is 6.54 Å². The smallest absolute Gasteiger partial charge is 0.227 e. The predicted molar refractivity (Wildman–Crippen MR) is 70.1 cm³/mol. The van der Waals surface area contributed by atoms with Crippen LogP contribution in [-0.2, 0) is 9.53 Å². The molecule has 0 aromatic heterocycles. The van der Waals surface area contributed by atoms with Gasteiger partial charge in [0.1, 0.15) is 0 Å². The molecule has 5 nitrogen and oxygen atoms in total. The molecule has 3 unspecified atom stereocenters. The van der Waals surface area contributed by atoms with Crippen molar-refractivity contribution in [3.63, 3.8) is 0 Å². The Morgan fingerprint density at radius 1 is 1.56 bits per heavy atom. The molecule has 0 spiro atoms. The molecular formula is C13H23N3O2. The Balaban J connectivity index is 1.71.